The summed E-state index contributed by atoms with van der Waals surface area (Å²) in [5.41, 5.74) is 2.03. The number of thiophene rings is 1. The predicted octanol–water partition coefficient (Wildman–Crippen LogP) is 6.10. The normalized spacial score (nSPS) is 23.2. The first-order valence-electron chi connectivity index (χ1n) is 11.5. The summed E-state index contributed by atoms with van der Waals surface area (Å²) in [4.78, 5) is 33.4. The van der Waals surface area contributed by atoms with Crippen molar-refractivity contribution in [3.63, 3.8) is 0 Å². The van der Waals surface area contributed by atoms with Crippen LogP contribution in [-0.4, -0.2) is 41.8 Å². The van der Waals surface area contributed by atoms with Crippen LogP contribution < -0.4 is 0 Å². The molecular weight excluding hydrogens is 500 g/mol. The summed E-state index contributed by atoms with van der Waals surface area (Å²) in [7, 11) is 1.38. The van der Waals surface area contributed by atoms with Crippen LogP contribution in [0.1, 0.15) is 67.3 Å². The number of carbonyl (C=O) groups excluding carboxylic acids is 2. The first-order valence-corrected chi connectivity index (χ1v) is 13.1. The van der Waals surface area contributed by atoms with Gasteiger partial charge in [-0.1, -0.05) is 32.9 Å². The van der Waals surface area contributed by atoms with Crippen LogP contribution >= 0.6 is 27.3 Å². The van der Waals surface area contributed by atoms with Crippen LogP contribution in [0.2, 0.25) is 0 Å². The minimum Gasteiger partial charge on any atom is -0.465 e. The molecule has 1 amide bonds. The quantitative estimate of drug-likeness (QED) is 0.438. The van der Waals surface area contributed by atoms with Gasteiger partial charge in [0.05, 0.1) is 21.3 Å². The van der Waals surface area contributed by atoms with Crippen LogP contribution in [0.3, 0.4) is 0 Å². The van der Waals surface area contributed by atoms with E-state index in [4.69, 9.17) is 9.73 Å². The van der Waals surface area contributed by atoms with E-state index < -0.39 is 5.66 Å². The Morgan fingerprint density at radius 1 is 1.18 bits per heavy atom. The van der Waals surface area contributed by atoms with Gasteiger partial charge in [0.25, 0.3) is 5.91 Å². The minimum atomic E-state index is -0.448. The van der Waals surface area contributed by atoms with Crippen molar-refractivity contribution in [3.05, 3.63) is 56.2 Å². The molecule has 4 rings (SSSR count). The number of methoxy groups -OCH3 is 1. The maximum absolute atomic E-state index is 13.6. The molecule has 0 unspecified atom stereocenters. The fourth-order valence-electron chi connectivity index (χ4n) is 5.04. The van der Waals surface area contributed by atoms with Crippen LogP contribution in [0.5, 0.6) is 0 Å². The van der Waals surface area contributed by atoms with Crippen LogP contribution in [-0.2, 0) is 16.0 Å². The van der Waals surface area contributed by atoms with Gasteiger partial charge in [0.1, 0.15) is 11.4 Å². The van der Waals surface area contributed by atoms with Crippen molar-refractivity contribution in [2.24, 2.45) is 16.3 Å². The third-order valence-corrected chi connectivity index (χ3v) is 8.72. The van der Waals surface area contributed by atoms with E-state index >= 15 is 0 Å². The number of ether oxygens (including phenoxy) is 1. The summed E-state index contributed by atoms with van der Waals surface area (Å²) >= 11 is 5.08. The number of benzene rings is 1. The lowest BCUT2D eigenvalue weighted by molar-refractivity contribution is -0.129. The zero-order valence-corrected chi connectivity index (χ0v) is 22.1. The molecule has 1 saturated carbocycles. The number of esters is 1. The van der Waals surface area contributed by atoms with Gasteiger partial charge in [-0.2, -0.15) is 0 Å². The molecule has 1 aromatic carbocycles. The van der Waals surface area contributed by atoms with E-state index in [0.29, 0.717) is 30.2 Å². The Labute approximate surface area is 208 Å². The molecule has 2 aliphatic rings. The van der Waals surface area contributed by atoms with E-state index in [0.717, 1.165) is 39.9 Å². The molecule has 33 heavy (non-hydrogen) atoms. The fraction of sp³-hybridized carbons (Fsp3) is 0.500. The molecule has 176 valence electrons. The van der Waals surface area contributed by atoms with Gasteiger partial charge in [0, 0.05) is 6.54 Å². The summed E-state index contributed by atoms with van der Waals surface area (Å²) in [6.07, 6.45) is 4.67. The average Bonchev–Trinajstić information content (AvgIpc) is 3.33. The molecule has 1 spiro atoms. The van der Waals surface area contributed by atoms with Crippen molar-refractivity contribution in [2.45, 2.75) is 58.5 Å². The van der Waals surface area contributed by atoms with Gasteiger partial charge in [0.2, 0.25) is 0 Å². The summed E-state index contributed by atoms with van der Waals surface area (Å²) < 4.78 is 5.79. The summed E-state index contributed by atoms with van der Waals surface area (Å²) in [6, 6.07) is 11.4. The number of halogens is 1. The van der Waals surface area contributed by atoms with Crippen molar-refractivity contribution in [3.8, 4) is 0 Å². The van der Waals surface area contributed by atoms with Crippen LogP contribution in [0.25, 0.3) is 0 Å². The van der Waals surface area contributed by atoms with Crippen molar-refractivity contribution in [1.29, 1.82) is 0 Å². The van der Waals surface area contributed by atoms with E-state index in [1.54, 1.807) is 23.5 Å². The van der Waals surface area contributed by atoms with Gasteiger partial charge >= 0.3 is 5.97 Å². The largest absolute Gasteiger partial charge is 0.465 e. The predicted molar refractivity (Wildman–Crippen MR) is 136 cm³/mol. The first kappa shape index (κ1) is 24.1. The van der Waals surface area contributed by atoms with E-state index in [2.05, 4.69) is 36.7 Å². The number of hydrogen-bond acceptors (Lipinski definition) is 5. The molecule has 2 aromatic rings. The van der Waals surface area contributed by atoms with E-state index in [1.807, 2.05) is 29.2 Å². The number of rotatable bonds is 5. The number of nitrogens with zero attached hydrogens (tertiary/aromatic N) is 2. The smallest absolute Gasteiger partial charge is 0.337 e. The lowest BCUT2D eigenvalue weighted by Crippen LogP contribution is -2.50. The summed E-state index contributed by atoms with van der Waals surface area (Å²) in [5.74, 6) is 0.330. The van der Waals surface area contributed by atoms with Gasteiger partial charge in [-0.25, -0.2) is 9.79 Å². The third-order valence-electron chi connectivity index (χ3n) is 7.09. The van der Waals surface area contributed by atoms with Crippen molar-refractivity contribution < 1.29 is 14.3 Å². The molecule has 1 aromatic heterocycles. The van der Waals surface area contributed by atoms with E-state index in [-0.39, 0.29) is 17.3 Å². The second-order valence-electron chi connectivity index (χ2n) is 10.1. The highest BCUT2D eigenvalue weighted by Gasteiger charge is 2.50. The van der Waals surface area contributed by atoms with Crippen LogP contribution in [0, 0.1) is 11.3 Å². The average molecular weight is 532 g/mol. The second-order valence-corrected chi connectivity index (χ2v) is 12.5. The standard InChI is InChI=1S/C26H31BrN2O3S/c1-25(2,3)19-11-14-26(15-12-19)28-22(20-9-10-21(27)33-20)23(30)29(26)16-13-17-5-7-18(8-6-17)24(31)32-4/h5-10,19H,11-16H2,1-4H3. The van der Waals surface area contributed by atoms with Gasteiger partial charge in [-0.15, -0.1) is 11.3 Å². The SMILES string of the molecule is COC(=O)c1ccc(CCN2C(=O)C(c3ccc(Br)s3)=NC23CCC(C(C)(C)C)CC3)cc1. The maximum atomic E-state index is 13.6. The number of hydrogen-bond donors (Lipinski definition) is 0. The minimum absolute atomic E-state index is 0.0322. The lowest BCUT2D eigenvalue weighted by Gasteiger charge is -2.45. The van der Waals surface area contributed by atoms with Crippen molar-refractivity contribution >= 4 is 44.9 Å². The maximum Gasteiger partial charge on any atom is 0.337 e. The van der Waals surface area contributed by atoms with Crippen LogP contribution in [0.15, 0.2) is 45.2 Å². The van der Waals surface area contributed by atoms with Gasteiger partial charge in [0.15, 0.2) is 0 Å². The fourth-order valence-corrected chi connectivity index (χ4v) is 6.41. The Hall–Kier alpha value is -1.99. The highest BCUT2D eigenvalue weighted by atomic mass is 79.9. The Morgan fingerprint density at radius 3 is 2.39 bits per heavy atom. The molecular formula is C26H31BrN2O3S. The summed E-state index contributed by atoms with van der Waals surface area (Å²) in [6.45, 7) is 7.53. The molecule has 0 N–H and O–H groups in total. The molecule has 5 nitrogen and oxygen atoms in total. The zero-order chi connectivity index (χ0) is 23.8. The van der Waals surface area contributed by atoms with Crippen molar-refractivity contribution in [2.75, 3.05) is 13.7 Å². The molecule has 1 aliphatic carbocycles. The molecule has 0 radical (unpaired) electrons. The number of carbonyl (C=O) groups is 2. The second kappa shape index (κ2) is 9.34. The first-order chi connectivity index (χ1) is 15.6. The Bertz CT molecular complexity index is 1060. The van der Waals surface area contributed by atoms with E-state index in [9.17, 15) is 9.59 Å². The molecule has 7 heteroatoms. The zero-order valence-electron chi connectivity index (χ0n) is 19.7. The Morgan fingerprint density at radius 2 is 1.85 bits per heavy atom. The Kier molecular flexibility index (Phi) is 6.83. The topological polar surface area (TPSA) is 59.0 Å². The molecule has 1 aliphatic heterocycles. The van der Waals surface area contributed by atoms with Gasteiger partial charge < -0.3 is 9.64 Å². The summed E-state index contributed by atoms with van der Waals surface area (Å²) in [5, 5.41) is 0. The Balaban J connectivity index is 1.56. The number of aliphatic imine (C=N–C) groups is 1. The highest BCUT2D eigenvalue weighted by molar-refractivity contribution is 9.11. The van der Waals surface area contributed by atoms with Crippen LogP contribution in [0.4, 0.5) is 0 Å². The van der Waals surface area contributed by atoms with E-state index in [1.165, 1.54) is 7.11 Å². The van der Waals surface area contributed by atoms with Gasteiger partial charge in [-0.05, 0) is 89.2 Å². The van der Waals surface area contributed by atoms with Gasteiger partial charge in [-0.3, -0.25) is 4.79 Å². The molecule has 0 atom stereocenters. The van der Waals surface area contributed by atoms with Crippen molar-refractivity contribution in [1.82, 2.24) is 4.90 Å². The monoisotopic (exact) mass is 530 g/mol. The molecule has 0 bridgehead atoms. The highest BCUT2D eigenvalue weighted by Crippen LogP contribution is 2.47. The molecule has 2 heterocycles. The molecule has 1 fully saturated rings. The number of amides is 1. The third kappa shape index (κ3) is 4.94. The molecule has 0 saturated heterocycles. The lowest BCUT2D eigenvalue weighted by atomic mass is 9.69.